The largest absolute Gasteiger partial charge is 0.494 e. The first-order valence-electron chi connectivity index (χ1n) is 10.8. The van der Waals surface area contributed by atoms with Gasteiger partial charge in [0.05, 0.1) is 6.61 Å². The van der Waals surface area contributed by atoms with E-state index in [0.29, 0.717) is 37.0 Å². The molecule has 3 aromatic carbocycles. The molecule has 7 heteroatoms. The Labute approximate surface area is 192 Å². The van der Waals surface area contributed by atoms with Crippen LogP contribution in [0.4, 0.5) is 0 Å². The fourth-order valence-electron chi connectivity index (χ4n) is 3.21. The van der Waals surface area contributed by atoms with Crippen LogP contribution in [-0.2, 0) is 17.8 Å². The molecule has 1 N–H and O–H groups in total. The van der Waals surface area contributed by atoms with Crippen LogP contribution in [0.2, 0.25) is 0 Å². The predicted octanol–water partition coefficient (Wildman–Crippen LogP) is 5.18. The molecule has 0 aliphatic rings. The normalized spacial score (nSPS) is 10.6. The van der Waals surface area contributed by atoms with Gasteiger partial charge in [-0.15, -0.1) is 0 Å². The van der Waals surface area contributed by atoms with Crippen LogP contribution in [0, 0.1) is 0 Å². The number of hydrogen-bond acceptors (Lipinski definition) is 6. The van der Waals surface area contributed by atoms with Gasteiger partial charge in [-0.25, -0.2) is 0 Å². The smallest absolute Gasteiger partial charge is 0.227 e. The van der Waals surface area contributed by atoms with Crippen molar-refractivity contribution in [3.63, 3.8) is 0 Å². The number of rotatable bonds is 10. The Hall–Kier alpha value is -4.13. The molecule has 4 aromatic rings. The fourth-order valence-corrected chi connectivity index (χ4v) is 3.21. The summed E-state index contributed by atoms with van der Waals surface area (Å²) in [6, 6.07) is 24.7. The molecular weight excluding hydrogens is 418 g/mol. The Balaban J connectivity index is 1.28. The van der Waals surface area contributed by atoms with E-state index in [9.17, 15) is 4.79 Å². The zero-order valence-corrected chi connectivity index (χ0v) is 18.4. The van der Waals surface area contributed by atoms with E-state index in [4.69, 9.17) is 14.0 Å². The van der Waals surface area contributed by atoms with Crippen LogP contribution in [-0.4, -0.2) is 22.7 Å². The lowest BCUT2D eigenvalue weighted by molar-refractivity contribution is -0.121. The number of nitrogens with one attached hydrogen (secondary N) is 1. The van der Waals surface area contributed by atoms with Crippen molar-refractivity contribution in [2.75, 3.05) is 6.61 Å². The SMILES string of the molecule is CCOc1ccc(-c2noc(CCC(=O)NCc3ccccc3Oc3ccccc3)n2)cc1. The molecule has 1 aromatic heterocycles. The van der Waals surface area contributed by atoms with Crippen LogP contribution >= 0.6 is 0 Å². The van der Waals surface area contributed by atoms with E-state index in [0.717, 1.165) is 22.6 Å². The van der Waals surface area contributed by atoms with Gasteiger partial charge < -0.3 is 19.3 Å². The summed E-state index contributed by atoms with van der Waals surface area (Å²) in [5, 5.41) is 6.94. The maximum atomic E-state index is 12.4. The monoisotopic (exact) mass is 443 g/mol. The number of benzene rings is 3. The molecule has 0 saturated carbocycles. The van der Waals surface area contributed by atoms with Crippen LogP contribution in [0.3, 0.4) is 0 Å². The van der Waals surface area contributed by atoms with E-state index in [-0.39, 0.29) is 12.3 Å². The number of ether oxygens (including phenoxy) is 2. The van der Waals surface area contributed by atoms with Crippen molar-refractivity contribution in [1.29, 1.82) is 0 Å². The molecule has 0 spiro atoms. The molecule has 0 bridgehead atoms. The molecular formula is C26H25N3O4. The number of nitrogens with zero attached hydrogens (tertiary/aromatic N) is 2. The zero-order chi connectivity index (χ0) is 22.9. The predicted molar refractivity (Wildman–Crippen MR) is 124 cm³/mol. The average Bonchev–Trinajstić information content (AvgIpc) is 3.33. The van der Waals surface area contributed by atoms with Crippen molar-refractivity contribution in [1.82, 2.24) is 15.5 Å². The first-order chi connectivity index (χ1) is 16.2. The van der Waals surface area contributed by atoms with Crippen LogP contribution in [0.15, 0.2) is 83.4 Å². The molecule has 0 unspecified atom stereocenters. The van der Waals surface area contributed by atoms with E-state index in [1.807, 2.05) is 85.8 Å². The number of hydrogen-bond donors (Lipinski definition) is 1. The lowest BCUT2D eigenvalue weighted by Gasteiger charge is -2.11. The topological polar surface area (TPSA) is 86.5 Å². The Morgan fingerprint density at radius 3 is 2.48 bits per heavy atom. The van der Waals surface area contributed by atoms with E-state index < -0.39 is 0 Å². The standard InChI is InChI=1S/C26H25N3O4/c1-2-31-21-14-12-19(13-15-21)26-28-25(33-29-26)17-16-24(30)27-18-20-8-6-7-11-23(20)32-22-9-4-3-5-10-22/h3-15H,2,16-18H2,1H3,(H,27,30). The van der Waals surface area contributed by atoms with Crippen molar-refractivity contribution in [2.24, 2.45) is 0 Å². The summed E-state index contributed by atoms with van der Waals surface area (Å²) in [6.45, 7) is 2.91. The maximum Gasteiger partial charge on any atom is 0.227 e. The molecule has 0 radical (unpaired) electrons. The number of aryl methyl sites for hydroxylation is 1. The van der Waals surface area contributed by atoms with Gasteiger partial charge in [0, 0.05) is 30.5 Å². The van der Waals surface area contributed by atoms with Gasteiger partial charge in [-0.3, -0.25) is 4.79 Å². The van der Waals surface area contributed by atoms with E-state index >= 15 is 0 Å². The zero-order valence-electron chi connectivity index (χ0n) is 18.4. The second-order valence-corrected chi connectivity index (χ2v) is 7.27. The summed E-state index contributed by atoms with van der Waals surface area (Å²) in [4.78, 5) is 16.8. The number of aromatic nitrogens is 2. The minimum atomic E-state index is -0.106. The molecule has 4 rings (SSSR count). The Morgan fingerprint density at radius 2 is 1.70 bits per heavy atom. The van der Waals surface area contributed by atoms with Gasteiger partial charge in [-0.2, -0.15) is 4.98 Å². The fraction of sp³-hybridized carbons (Fsp3) is 0.192. The highest BCUT2D eigenvalue weighted by Gasteiger charge is 2.12. The first-order valence-corrected chi connectivity index (χ1v) is 10.8. The summed E-state index contributed by atoms with van der Waals surface area (Å²) in [7, 11) is 0. The molecule has 168 valence electrons. The summed E-state index contributed by atoms with van der Waals surface area (Å²) in [6.07, 6.45) is 0.602. The van der Waals surface area contributed by atoms with Crippen LogP contribution in [0.25, 0.3) is 11.4 Å². The van der Waals surface area contributed by atoms with Gasteiger partial charge in [-0.05, 0) is 49.4 Å². The first kappa shape index (κ1) is 22.1. The van der Waals surface area contributed by atoms with Crippen LogP contribution in [0.5, 0.6) is 17.2 Å². The summed E-state index contributed by atoms with van der Waals surface area (Å²) in [5.74, 6) is 3.04. The van der Waals surface area contributed by atoms with Crippen molar-refractivity contribution in [3.05, 3.63) is 90.3 Å². The maximum absolute atomic E-state index is 12.4. The highest BCUT2D eigenvalue weighted by atomic mass is 16.5. The molecule has 7 nitrogen and oxygen atoms in total. The quantitative estimate of drug-likeness (QED) is 0.364. The molecule has 1 amide bonds. The van der Waals surface area contributed by atoms with Gasteiger partial charge in [0.1, 0.15) is 17.2 Å². The summed E-state index contributed by atoms with van der Waals surface area (Å²) in [5.41, 5.74) is 1.72. The second kappa shape index (κ2) is 10.9. The summed E-state index contributed by atoms with van der Waals surface area (Å²) >= 11 is 0. The van der Waals surface area contributed by atoms with Crippen molar-refractivity contribution >= 4 is 5.91 Å². The summed E-state index contributed by atoms with van der Waals surface area (Å²) < 4.78 is 16.7. The van der Waals surface area contributed by atoms with Crippen LogP contribution < -0.4 is 14.8 Å². The molecule has 0 saturated heterocycles. The lowest BCUT2D eigenvalue weighted by atomic mass is 10.2. The van der Waals surface area contributed by atoms with Crippen LogP contribution in [0.1, 0.15) is 24.8 Å². The number of carbonyl (C=O) groups excluding carboxylic acids is 1. The Kier molecular flexibility index (Phi) is 7.33. The second-order valence-electron chi connectivity index (χ2n) is 7.27. The van der Waals surface area contributed by atoms with Gasteiger partial charge in [0.15, 0.2) is 0 Å². The van der Waals surface area contributed by atoms with Crippen molar-refractivity contribution in [3.8, 4) is 28.6 Å². The number of amides is 1. The highest BCUT2D eigenvalue weighted by Crippen LogP contribution is 2.25. The Bertz CT molecular complexity index is 1170. The molecule has 0 aliphatic carbocycles. The Morgan fingerprint density at radius 1 is 0.939 bits per heavy atom. The minimum absolute atomic E-state index is 0.106. The molecule has 0 aliphatic heterocycles. The van der Waals surface area contributed by atoms with Crippen molar-refractivity contribution in [2.45, 2.75) is 26.3 Å². The van der Waals surface area contributed by atoms with Gasteiger partial charge in [0.25, 0.3) is 0 Å². The third-order valence-electron chi connectivity index (χ3n) is 4.88. The van der Waals surface area contributed by atoms with Crippen molar-refractivity contribution < 1.29 is 18.8 Å². The third kappa shape index (κ3) is 6.20. The van der Waals surface area contributed by atoms with E-state index in [1.54, 1.807) is 0 Å². The van der Waals surface area contributed by atoms with E-state index in [1.165, 1.54) is 0 Å². The number of para-hydroxylation sites is 2. The molecule has 0 atom stereocenters. The molecule has 0 fully saturated rings. The highest BCUT2D eigenvalue weighted by molar-refractivity contribution is 5.76. The molecule has 33 heavy (non-hydrogen) atoms. The van der Waals surface area contributed by atoms with E-state index in [2.05, 4.69) is 15.5 Å². The average molecular weight is 444 g/mol. The molecule has 1 heterocycles. The van der Waals surface area contributed by atoms with Gasteiger partial charge in [0.2, 0.25) is 17.6 Å². The van der Waals surface area contributed by atoms with Gasteiger partial charge in [-0.1, -0.05) is 41.6 Å². The number of carbonyl (C=O) groups is 1. The van der Waals surface area contributed by atoms with Gasteiger partial charge >= 0.3 is 0 Å². The third-order valence-corrected chi connectivity index (χ3v) is 4.88. The minimum Gasteiger partial charge on any atom is -0.494 e. The lowest BCUT2D eigenvalue weighted by Crippen LogP contribution is -2.23.